The van der Waals surface area contributed by atoms with E-state index in [0.717, 1.165) is 11.0 Å². The van der Waals surface area contributed by atoms with E-state index in [1.54, 1.807) is 36.1 Å². The number of halogens is 1. The monoisotopic (exact) mass is 388 g/mol. The first kappa shape index (κ1) is 17.4. The molecule has 1 fully saturated rings. The van der Waals surface area contributed by atoms with Crippen molar-refractivity contribution in [3.63, 3.8) is 0 Å². The number of benzene rings is 1. The van der Waals surface area contributed by atoms with Crippen LogP contribution in [0, 0.1) is 5.92 Å². The second kappa shape index (κ2) is 7.10. The van der Waals surface area contributed by atoms with Gasteiger partial charge in [-0.3, -0.25) is 4.79 Å². The second-order valence-corrected chi connectivity index (χ2v) is 8.73. The van der Waals surface area contributed by atoms with Crippen LogP contribution in [0.4, 0.5) is 0 Å². The average molecular weight is 389 g/mol. The molecular formula is C15H21BrN2O3S. The fourth-order valence-electron chi connectivity index (χ4n) is 2.58. The highest BCUT2D eigenvalue weighted by Crippen LogP contribution is 2.19. The molecule has 1 saturated heterocycles. The minimum Gasteiger partial charge on any atom is -0.340 e. The third-order valence-corrected chi connectivity index (χ3v) is 6.20. The zero-order chi connectivity index (χ0) is 16.3. The quantitative estimate of drug-likeness (QED) is 0.851. The summed E-state index contributed by atoms with van der Waals surface area (Å²) in [6, 6.07) is 6.75. The summed E-state index contributed by atoms with van der Waals surface area (Å²) in [5.41, 5.74) is 0. The SMILES string of the molecule is C[C@@H]1CN(C(=O)[C@@H](C)CS(=O)(=O)c2ccc(Br)cc2)CCN1. The molecule has 7 heteroatoms. The number of carbonyl (C=O) groups is 1. The molecule has 22 heavy (non-hydrogen) atoms. The molecule has 1 aromatic rings. The maximum Gasteiger partial charge on any atom is 0.226 e. The lowest BCUT2D eigenvalue weighted by Crippen LogP contribution is -2.53. The number of hydrogen-bond donors (Lipinski definition) is 1. The largest absolute Gasteiger partial charge is 0.340 e. The highest BCUT2D eigenvalue weighted by molar-refractivity contribution is 9.10. The van der Waals surface area contributed by atoms with Gasteiger partial charge in [-0.1, -0.05) is 22.9 Å². The maximum absolute atomic E-state index is 12.4. The van der Waals surface area contributed by atoms with E-state index in [1.165, 1.54) is 0 Å². The van der Waals surface area contributed by atoms with Crippen LogP contribution in [-0.4, -0.2) is 50.7 Å². The zero-order valence-electron chi connectivity index (χ0n) is 12.8. The van der Waals surface area contributed by atoms with Crippen molar-refractivity contribution in [1.29, 1.82) is 0 Å². The molecule has 0 spiro atoms. The lowest BCUT2D eigenvalue weighted by molar-refractivity contribution is -0.135. The van der Waals surface area contributed by atoms with Crippen LogP contribution in [-0.2, 0) is 14.6 Å². The molecule has 1 aliphatic rings. The summed E-state index contributed by atoms with van der Waals surface area (Å²) >= 11 is 3.28. The molecule has 0 unspecified atom stereocenters. The van der Waals surface area contributed by atoms with Gasteiger partial charge in [0.25, 0.3) is 0 Å². The van der Waals surface area contributed by atoms with Crippen molar-refractivity contribution in [2.24, 2.45) is 5.92 Å². The Kier molecular flexibility index (Phi) is 5.63. The third-order valence-electron chi connectivity index (χ3n) is 3.74. The fourth-order valence-corrected chi connectivity index (χ4v) is 4.39. The average Bonchev–Trinajstić information content (AvgIpc) is 2.46. The van der Waals surface area contributed by atoms with Crippen molar-refractivity contribution in [3.8, 4) is 0 Å². The van der Waals surface area contributed by atoms with Crippen LogP contribution in [0.2, 0.25) is 0 Å². The van der Waals surface area contributed by atoms with Crippen molar-refractivity contribution in [1.82, 2.24) is 10.2 Å². The van der Waals surface area contributed by atoms with Gasteiger partial charge in [0.15, 0.2) is 9.84 Å². The van der Waals surface area contributed by atoms with E-state index >= 15 is 0 Å². The van der Waals surface area contributed by atoms with Crippen molar-refractivity contribution in [2.75, 3.05) is 25.4 Å². The molecule has 1 aromatic carbocycles. The van der Waals surface area contributed by atoms with Gasteiger partial charge in [0.1, 0.15) is 0 Å². The Labute approximate surface area is 140 Å². The topological polar surface area (TPSA) is 66.5 Å². The Morgan fingerprint density at radius 3 is 2.64 bits per heavy atom. The van der Waals surface area contributed by atoms with Crippen molar-refractivity contribution < 1.29 is 13.2 Å². The van der Waals surface area contributed by atoms with E-state index in [9.17, 15) is 13.2 Å². The minimum atomic E-state index is -3.46. The van der Waals surface area contributed by atoms with Gasteiger partial charge in [0, 0.05) is 36.1 Å². The highest BCUT2D eigenvalue weighted by Gasteiger charge is 2.28. The summed E-state index contributed by atoms with van der Waals surface area (Å²) in [7, 11) is -3.46. The van der Waals surface area contributed by atoms with Gasteiger partial charge in [-0.15, -0.1) is 0 Å². The number of piperazine rings is 1. The number of nitrogens with zero attached hydrogens (tertiary/aromatic N) is 1. The molecule has 0 saturated carbocycles. The van der Waals surface area contributed by atoms with Gasteiger partial charge in [0.2, 0.25) is 5.91 Å². The molecule has 1 N–H and O–H groups in total. The summed E-state index contributed by atoms with van der Waals surface area (Å²) in [6.07, 6.45) is 0. The zero-order valence-corrected chi connectivity index (χ0v) is 15.2. The molecule has 0 aromatic heterocycles. The summed E-state index contributed by atoms with van der Waals surface area (Å²) in [5.74, 6) is -0.792. The molecule has 1 aliphatic heterocycles. The summed E-state index contributed by atoms with van der Waals surface area (Å²) in [6.45, 7) is 5.71. The molecule has 0 aliphatic carbocycles. The standard InChI is InChI=1S/C15H21BrN2O3S/c1-11(15(19)18-8-7-17-12(2)9-18)10-22(20,21)14-5-3-13(16)4-6-14/h3-6,11-12,17H,7-10H2,1-2H3/t11-,12+/m0/s1. The second-order valence-electron chi connectivity index (χ2n) is 5.78. The first-order chi connectivity index (χ1) is 10.3. The van der Waals surface area contributed by atoms with E-state index in [-0.39, 0.29) is 22.6 Å². The van der Waals surface area contributed by atoms with Crippen LogP contribution < -0.4 is 5.32 Å². The number of nitrogens with one attached hydrogen (secondary N) is 1. The van der Waals surface area contributed by atoms with Gasteiger partial charge in [-0.2, -0.15) is 0 Å². The Hall–Kier alpha value is -0.920. The summed E-state index contributed by atoms with van der Waals surface area (Å²) in [4.78, 5) is 14.4. The molecule has 0 bridgehead atoms. The first-order valence-corrected chi connectivity index (χ1v) is 9.74. The first-order valence-electron chi connectivity index (χ1n) is 7.30. The molecule has 2 rings (SSSR count). The highest BCUT2D eigenvalue weighted by atomic mass is 79.9. The van der Waals surface area contributed by atoms with E-state index in [1.807, 2.05) is 6.92 Å². The van der Waals surface area contributed by atoms with E-state index < -0.39 is 15.8 Å². The van der Waals surface area contributed by atoms with Crippen LogP contribution in [0.3, 0.4) is 0 Å². The van der Waals surface area contributed by atoms with Crippen molar-refractivity contribution in [3.05, 3.63) is 28.7 Å². The Bertz CT molecular complexity index is 631. The van der Waals surface area contributed by atoms with Crippen LogP contribution in [0.1, 0.15) is 13.8 Å². The van der Waals surface area contributed by atoms with Crippen molar-refractivity contribution >= 4 is 31.7 Å². The molecule has 122 valence electrons. The Balaban J connectivity index is 2.05. The van der Waals surface area contributed by atoms with Gasteiger partial charge in [-0.05, 0) is 31.2 Å². The number of carbonyl (C=O) groups excluding carboxylic acids is 1. The predicted octanol–water partition coefficient (Wildman–Crippen LogP) is 1.68. The smallest absolute Gasteiger partial charge is 0.226 e. The number of rotatable bonds is 4. The van der Waals surface area contributed by atoms with Crippen LogP contribution in [0.5, 0.6) is 0 Å². The van der Waals surface area contributed by atoms with Crippen LogP contribution in [0.25, 0.3) is 0 Å². The van der Waals surface area contributed by atoms with E-state index in [4.69, 9.17) is 0 Å². The number of amides is 1. The number of sulfone groups is 1. The van der Waals surface area contributed by atoms with Crippen molar-refractivity contribution in [2.45, 2.75) is 24.8 Å². The van der Waals surface area contributed by atoms with E-state index in [0.29, 0.717) is 13.1 Å². The summed E-state index contributed by atoms with van der Waals surface area (Å²) < 4.78 is 25.6. The fraction of sp³-hybridized carbons (Fsp3) is 0.533. The molecular weight excluding hydrogens is 368 g/mol. The van der Waals surface area contributed by atoms with Crippen LogP contribution in [0.15, 0.2) is 33.6 Å². The van der Waals surface area contributed by atoms with Gasteiger partial charge in [0.05, 0.1) is 10.6 Å². The maximum atomic E-state index is 12.4. The number of hydrogen-bond acceptors (Lipinski definition) is 4. The summed E-state index contributed by atoms with van der Waals surface area (Å²) in [5, 5.41) is 3.27. The third kappa shape index (κ3) is 4.30. The normalized spacial score (nSPS) is 20.7. The lowest BCUT2D eigenvalue weighted by atomic mass is 10.1. The van der Waals surface area contributed by atoms with Gasteiger partial charge < -0.3 is 10.2 Å². The molecule has 1 amide bonds. The van der Waals surface area contributed by atoms with Gasteiger partial charge in [-0.25, -0.2) is 8.42 Å². The Morgan fingerprint density at radius 2 is 2.05 bits per heavy atom. The molecule has 1 heterocycles. The molecule has 2 atom stereocenters. The predicted molar refractivity (Wildman–Crippen MR) is 89.4 cm³/mol. The minimum absolute atomic E-state index is 0.0889. The Morgan fingerprint density at radius 1 is 1.41 bits per heavy atom. The molecule has 0 radical (unpaired) electrons. The molecule has 5 nitrogen and oxygen atoms in total. The van der Waals surface area contributed by atoms with Crippen LogP contribution >= 0.6 is 15.9 Å². The van der Waals surface area contributed by atoms with E-state index in [2.05, 4.69) is 21.2 Å². The lowest BCUT2D eigenvalue weighted by Gasteiger charge is -2.33. The van der Waals surface area contributed by atoms with Gasteiger partial charge >= 0.3 is 0 Å².